The van der Waals surface area contributed by atoms with Gasteiger partial charge >= 0.3 is 0 Å². The first-order valence-corrected chi connectivity index (χ1v) is 9.71. The van der Waals surface area contributed by atoms with E-state index in [2.05, 4.69) is 24.3 Å². The summed E-state index contributed by atoms with van der Waals surface area (Å²) in [5.74, 6) is -0.186. The molecule has 146 valence electrons. The van der Waals surface area contributed by atoms with Gasteiger partial charge in [-0.3, -0.25) is 0 Å². The summed E-state index contributed by atoms with van der Waals surface area (Å²) in [4.78, 5) is 0. The van der Waals surface area contributed by atoms with Crippen molar-refractivity contribution >= 4 is 0 Å². The van der Waals surface area contributed by atoms with Gasteiger partial charge in [-0.15, -0.1) is 0 Å². The Hall–Kier alpha value is -2.46. The molecule has 0 amide bonds. The maximum absolute atomic E-state index is 10.6. The number of aliphatic hydroxyl groups excluding tert-OH is 2. The smallest absolute Gasteiger partial charge is 0.123 e. The van der Waals surface area contributed by atoms with E-state index in [1.165, 1.54) is 5.56 Å². The fourth-order valence-electron chi connectivity index (χ4n) is 3.74. The van der Waals surface area contributed by atoms with Gasteiger partial charge in [-0.05, 0) is 30.0 Å². The molecular weight excluding hydrogens is 348 g/mol. The van der Waals surface area contributed by atoms with E-state index >= 15 is 0 Å². The Morgan fingerprint density at radius 2 is 1.43 bits per heavy atom. The average molecular weight is 376 g/mol. The fourth-order valence-corrected chi connectivity index (χ4v) is 3.74. The lowest BCUT2D eigenvalue weighted by molar-refractivity contribution is -0.116. The standard InChI is InChI=1S/C25H28O3/c1-20-12-14-22(15-13-20)24(16-17-26)25(19-27,23-10-6-3-7-11-23)28-18-21-8-4-2-5-9-21/h2-15,24,26-27H,16-19H2,1H3/t24-,25-/m0/s1. The molecule has 3 rings (SSSR count). The van der Waals surface area contributed by atoms with Crippen molar-refractivity contribution in [1.82, 2.24) is 0 Å². The Kier molecular flexibility index (Phi) is 6.99. The lowest BCUT2D eigenvalue weighted by atomic mass is 9.75. The van der Waals surface area contributed by atoms with Gasteiger partial charge in [0.15, 0.2) is 0 Å². The van der Waals surface area contributed by atoms with Crippen LogP contribution in [0.3, 0.4) is 0 Å². The fraction of sp³-hybridized carbons (Fsp3) is 0.280. The second kappa shape index (κ2) is 9.65. The van der Waals surface area contributed by atoms with Gasteiger partial charge in [-0.1, -0.05) is 90.5 Å². The van der Waals surface area contributed by atoms with Crippen molar-refractivity contribution in [3.05, 3.63) is 107 Å². The minimum Gasteiger partial charge on any atom is -0.396 e. The van der Waals surface area contributed by atoms with Crippen LogP contribution in [0.25, 0.3) is 0 Å². The molecule has 0 unspecified atom stereocenters. The van der Waals surface area contributed by atoms with Crippen molar-refractivity contribution in [2.75, 3.05) is 13.2 Å². The van der Waals surface area contributed by atoms with Gasteiger partial charge in [0.05, 0.1) is 13.2 Å². The maximum Gasteiger partial charge on any atom is 0.123 e. The van der Waals surface area contributed by atoms with E-state index in [1.807, 2.05) is 67.6 Å². The zero-order chi connectivity index (χ0) is 19.8. The summed E-state index contributed by atoms with van der Waals surface area (Å²) in [7, 11) is 0. The number of hydrogen-bond donors (Lipinski definition) is 2. The molecule has 3 aromatic rings. The van der Waals surface area contributed by atoms with Crippen molar-refractivity contribution in [2.24, 2.45) is 0 Å². The number of aliphatic hydroxyl groups is 2. The van der Waals surface area contributed by atoms with Gasteiger partial charge in [-0.2, -0.15) is 0 Å². The van der Waals surface area contributed by atoms with Crippen molar-refractivity contribution in [3.8, 4) is 0 Å². The topological polar surface area (TPSA) is 49.7 Å². The van der Waals surface area contributed by atoms with Crippen LogP contribution in [0.5, 0.6) is 0 Å². The Morgan fingerprint density at radius 1 is 0.821 bits per heavy atom. The molecule has 0 aliphatic heterocycles. The van der Waals surface area contributed by atoms with Gasteiger partial charge in [0.1, 0.15) is 5.60 Å². The van der Waals surface area contributed by atoms with Crippen LogP contribution in [0, 0.1) is 6.92 Å². The van der Waals surface area contributed by atoms with Gasteiger partial charge in [0, 0.05) is 12.5 Å². The molecule has 2 atom stereocenters. The Labute approximate surface area is 167 Å². The molecule has 3 nitrogen and oxygen atoms in total. The lowest BCUT2D eigenvalue weighted by Crippen LogP contribution is -2.41. The first-order chi connectivity index (χ1) is 13.7. The summed E-state index contributed by atoms with van der Waals surface area (Å²) >= 11 is 0. The largest absolute Gasteiger partial charge is 0.396 e. The van der Waals surface area contributed by atoms with Crippen molar-refractivity contribution in [2.45, 2.75) is 31.5 Å². The SMILES string of the molecule is Cc1ccc([C@H](CCO)[C@@](CO)(OCc2ccccc2)c2ccccc2)cc1. The summed E-state index contributed by atoms with van der Waals surface area (Å²) in [6.07, 6.45) is 0.493. The zero-order valence-corrected chi connectivity index (χ0v) is 16.3. The minimum atomic E-state index is -0.949. The highest BCUT2D eigenvalue weighted by Gasteiger charge is 2.42. The molecule has 0 aliphatic carbocycles. The molecule has 0 heterocycles. The number of aryl methyl sites for hydroxylation is 1. The molecule has 0 saturated carbocycles. The van der Waals surface area contributed by atoms with E-state index in [-0.39, 0.29) is 19.1 Å². The summed E-state index contributed by atoms with van der Waals surface area (Å²) in [6.45, 7) is 2.27. The molecule has 2 N–H and O–H groups in total. The molecule has 0 aromatic heterocycles. The number of rotatable bonds is 9. The Morgan fingerprint density at radius 3 is 2.00 bits per heavy atom. The second-order valence-corrected chi connectivity index (χ2v) is 7.16. The van der Waals surface area contributed by atoms with Crippen LogP contribution in [-0.4, -0.2) is 23.4 Å². The molecular formula is C25H28O3. The van der Waals surface area contributed by atoms with E-state index in [4.69, 9.17) is 4.74 Å². The first kappa shape index (κ1) is 20.3. The number of benzene rings is 3. The van der Waals surface area contributed by atoms with E-state index in [0.29, 0.717) is 13.0 Å². The van der Waals surface area contributed by atoms with E-state index in [9.17, 15) is 10.2 Å². The van der Waals surface area contributed by atoms with Crippen LogP contribution in [0.4, 0.5) is 0 Å². The van der Waals surface area contributed by atoms with Crippen LogP contribution in [0.1, 0.15) is 34.6 Å². The van der Waals surface area contributed by atoms with E-state index in [1.54, 1.807) is 0 Å². The van der Waals surface area contributed by atoms with E-state index in [0.717, 1.165) is 16.7 Å². The number of hydrogen-bond acceptors (Lipinski definition) is 3. The third-order valence-electron chi connectivity index (χ3n) is 5.30. The molecule has 0 spiro atoms. The zero-order valence-electron chi connectivity index (χ0n) is 16.3. The van der Waals surface area contributed by atoms with Gasteiger partial charge in [0.2, 0.25) is 0 Å². The predicted octanol–water partition coefficient (Wildman–Crippen LogP) is 4.57. The van der Waals surface area contributed by atoms with Gasteiger partial charge in [-0.25, -0.2) is 0 Å². The number of ether oxygens (including phenoxy) is 1. The lowest BCUT2D eigenvalue weighted by Gasteiger charge is -2.40. The second-order valence-electron chi connectivity index (χ2n) is 7.16. The average Bonchev–Trinajstić information content (AvgIpc) is 2.76. The minimum absolute atomic E-state index is 0.0157. The summed E-state index contributed by atoms with van der Waals surface area (Å²) < 4.78 is 6.49. The summed E-state index contributed by atoms with van der Waals surface area (Å²) in [5, 5.41) is 20.4. The molecule has 0 bridgehead atoms. The van der Waals surface area contributed by atoms with Crippen LogP contribution < -0.4 is 0 Å². The van der Waals surface area contributed by atoms with E-state index < -0.39 is 5.60 Å². The molecule has 0 radical (unpaired) electrons. The highest BCUT2D eigenvalue weighted by Crippen LogP contribution is 2.43. The molecule has 0 saturated heterocycles. The highest BCUT2D eigenvalue weighted by atomic mass is 16.5. The summed E-state index contributed by atoms with van der Waals surface area (Å²) in [5.41, 5.74) is 3.22. The normalized spacial score (nSPS) is 14.4. The Bertz CT molecular complexity index is 831. The van der Waals surface area contributed by atoms with Gasteiger partial charge < -0.3 is 14.9 Å². The van der Waals surface area contributed by atoms with Crippen molar-refractivity contribution < 1.29 is 14.9 Å². The molecule has 28 heavy (non-hydrogen) atoms. The van der Waals surface area contributed by atoms with Crippen LogP contribution >= 0.6 is 0 Å². The van der Waals surface area contributed by atoms with Gasteiger partial charge in [0.25, 0.3) is 0 Å². The maximum atomic E-state index is 10.6. The van der Waals surface area contributed by atoms with Crippen molar-refractivity contribution in [3.63, 3.8) is 0 Å². The molecule has 0 aliphatic rings. The molecule has 0 fully saturated rings. The highest BCUT2D eigenvalue weighted by molar-refractivity contribution is 5.33. The Balaban J connectivity index is 2.05. The molecule has 3 heteroatoms. The monoisotopic (exact) mass is 376 g/mol. The van der Waals surface area contributed by atoms with Crippen LogP contribution in [0.15, 0.2) is 84.9 Å². The van der Waals surface area contributed by atoms with Crippen molar-refractivity contribution in [1.29, 1.82) is 0 Å². The third-order valence-corrected chi connectivity index (χ3v) is 5.30. The molecule has 3 aromatic carbocycles. The van der Waals surface area contributed by atoms with Crippen LogP contribution in [0.2, 0.25) is 0 Å². The first-order valence-electron chi connectivity index (χ1n) is 9.71. The third kappa shape index (κ3) is 4.50. The predicted molar refractivity (Wildman–Crippen MR) is 112 cm³/mol. The quantitative estimate of drug-likeness (QED) is 0.575. The van der Waals surface area contributed by atoms with Crippen LogP contribution in [-0.2, 0) is 16.9 Å². The summed E-state index contributed by atoms with van der Waals surface area (Å²) in [6, 6.07) is 28.0.